The summed E-state index contributed by atoms with van der Waals surface area (Å²) in [5.74, 6) is 2.07. The Morgan fingerprint density at radius 3 is 2.80 bits per heavy atom. The number of ether oxygens (including phenoxy) is 2. The number of carbonyl (C=O) groups excluding carboxylic acids is 2. The van der Waals surface area contributed by atoms with E-state index >= 15 is 0 Å². The van der Waals surface area contributed by atoms with Crippen LogP contribution in [0.1, 0.15) is 42.4 Å². The van der Waals surface area contributed by atoms with Gasteiger partial charge >= 0.3 is 12.1 Å². The second kappa shape index (κ2) is 8.33. The molecule has 3 rings (SSSR count). The first-order valence-corrected chi connectivity index (χ1v) is 8.89. The summed E-state index contributed by atoms with van der Waals surface area (Å²) in [4.78, 5) is 23.2. The number of carbonyl (C=O) groups is 2. The number of nitrogens with one attached hydrogen (secondary N) is 2. The van der Waals surface area contributed by atoms with E-state index in [0.717, 1.165) is 31.3 Å². The molecule has 1 aromatic rings. The van der Waals surface area contributed by atoms with Crippen LogP contribution < -0.4 is 10.6 Å². The van der Waals surface area contributed by atoms with E-state index in [1.807, 2.05) is 0 Å². The Kier molecular flexibility index (Phi) is 5.91. The molecule has 138 valence electrons. The number of alkyl carbamates (subject to hydrolysis) is 1. The van der Waals surface area contributed by atoms with Crippen LogP contribution in [-0.2, 0) is 16.1 Å². The Hall–Kier alpha value is -2.09. The maximum absolute atomic E-state index is 11.7. The summed E-state index contributed by atoms with van der Waals surface area (Å²) in [5, 5.41) is 9.79. The monoisotopic (exact) mass is 351 g/mol. The molecule has 0 bridgehead atoms. The zero-order valence-corrected chi connectivity index (χ0v) is 14.5. The van der Waals surface area contributed by atoms with Crippen molar-refractivity contribution in [3.8, 4) is 0 Å². The summed E-state index contributed by atoms with van der Waals surface area (Å²) in [6, 6.07) is 1.41. The molecular formula is C17H25N3O5. The van der Waals surface area contributed by atoms with Crippen LogP contribution in [0, 0.1) is 17.8 Å². The molecule has 2 fully saturated rings. The molecule has 1 aliphatic heterocycles. The van der Waals surface area contributed by atoms with E-state index in [9.17, 15) is 9.59 Å². The average Bonchev–Trinajstić information content (AvgIpc) is 3.29. The van der Waals surface area contributed by atoms with Gasteiger partial charge in [0.25, 0.3) is 0 Å². The lowest BCUT2D eigenvalue weighted by Crippen LogP contribution is -2.26. The highest BCUT2D eigenvalue weighted by Gasteiger charge is 2.36. The van der Waals surface area contributed by atoms with Crippen molar-refractivity contribution in [1.29, 1.82) is 0 Å². The first-order chi connectivity index (χ1) is 12.2. The first kappa shape index (κ1) is 17.7. The van der Waals surface area contributed by atoms with Crippen molar-refractivity contribution in [1.82, 2.24) is 15.8 Å². The lowest BCUT2D eigenvalue weighted by atomic mass is 10.0. The maximum atomic E-state index is 11.7. The maximum Gasteiger partial charge on any atom is 0.407 e. The van der Waals surface area contributed by atoms with Crippen molar-refractivity contribution in [2.45, 2.75) is 32.8 Å². The number of hydrogen-bond acceptors (Lipinski definition) is 7. The molecule has 1 aromatic heterocycles. The van der Waals surface area contributed by atoms with Gasteiger partial charge in [-0.05, 0) is 57.0 Å². The fraction of sp³-hybridized carbons (Fsp3) is 0.706. The highest BCUT2D eigenvalue weighted by atomic mass is 16.6. The van der Waals surface area contributed by atoms with E-state index < -0.39 is 12.1 Å². The third-order valence-electron chi connectivity index (χ3n) is 4.96. The molecule has 2 unspecified atom stereocenters. The molecule has 2 heterocycles. The van der Waals surface area contributed by atoms with Crippen molar-refractivity contribution in [2.75, 3.05) is 26.2 Å². The molecule has 8 heteroatoms. The number of rotatable bonds is 7. The number of nitrogens with zero attached hydrogens (tertiary/aromatic N) is 1. The van der Waals surface area contributed by atoms with Gasteiger partial charge in [-0.2, -0.15) is 0 Å². The Bertz CT molecular complexity index is 591. The lowest BCUT2D eigenvalue weighted by Gasteiger charge is -2.11. The number of aromatic nitrogens is 1. The summed E-state index contributed by atoms with van der Waals surface area (Å²) >= 11 is 0. The van der Waals surface area contributed by atoms with Gasteiger partial charge in [-0.25, -0.2) is 9.59 Å². The quantitative estimate of drug-likeness (QED) is 0.721. The SMILES string of the molecule is CCOC(=O)c1cc(COC(=O)NCCC2CC3CNCC3C2)on1. The van der Waals surface area contributed by atoms with Gasteiger partial charge < -0.3 is 24.6 Å². The molecule has 25 heavy (non-hydrogen) atoms. The van der Waals surface area contributed by atoms with Crippen molar-refractivity contribution < 1.29 is 23.6 Å². The van der Waals surface area contributed by atoms with Gasteiger partial charge in [-0.3, -0.25) is 0 Å². The molecule has 8 nitrogen and oxygen atoms in total. The normalized spacial score (nSPS) is 24.8. The third-order valence-corrected chi connectivity index (χ3v) is 4.96. The van der Waals surface area contributed by atoms with E-state index in [-0.39, 0.29) is 18.9 Å². The van der Waals surface area contributed by atoms with Crippen LogP contribution in [0.5, 0.6) is 0 Å². The third kappa shape index (κ3) is 4.72. The Labute approximate surface area is 146 Å². The molecule has 0 spiro atoms. The van der Waals surface area contributed by atoms with Crippen molar-refractivity contribution in [2.24, 2.45) is 17.8 Å². The Morgan fingerprint density at radius 2 is 2.08 bits per heavy atom. The average molecular weight is 351 g/mol. The summed E-state index contributed by atoms with van der Waals surface area (Å²) in [7, 11) is 0. The number of amides is 1. The fourth-order valence-electron chi connectivity index (χ4n) is 3.78. The van der Waals surface area contributed by atoms with Gasteiger partial charge in [0, 0.05) is 12.6 Å². The molecular weight excluding hydrogens is 326 g/mol. The Morgan fingerprint density at radius 1 is 1.32 bits per heavy atom. The molecule has 2 N–H and O–H groups in total. The number of fused-ring (bicyclic) bond motifs is 1. The molecule has 1 saturated heterocycles. The second-order valence-corrected chi connectivity index (χ2v) is 6.71. The summed E-state index contributed by atoms with van der Waals surface area (Å²) in [5.41, 5.74) is 0.0714. The van der Waals surface area contributed by atoms with E-state index in [1.54, 1.807) is 6.92 Å². The smallest absolute Gasteiger partial charge is 0.407 e. The standard InChI is InChI=1S/C17H25N3O5/c1-2-23-16(21)15-7-14(25-20-15)10-24-17(22)19-4-3-11-5-12-8-18-9-13(12)6-11/h7,11-13,18H,2-6,8-10H2,1H3,(H,19,22). The Balaban J connectivity index is 1.31. The fourth-order valence-corrected chi connectivity index (χ4v) is 3.78. The minimum Gasteiger partial charge on any atom is -0.461 e. The topological polar surface area (TPSA) is 103 Å². The molecule has 1 saturated carbocycles. The van der Waals surface area contributed by atoms with Crippen LogP contribution in [0.25, 0.3) is 0 Å². The van der Waals surface area contributed by atoms with E-state index in [4.69, 9.17) is 14.0 Å². The van der Waals surface area contributed by atoms with E-state index in [2.05, 4.69) is 15.8 Å². The summed E-state index contributed by atoms with van der Waals surface area (Å²) < 4.78 is 14.8. The molecule has 2 aliphatic rings. The zero-order chi connectivity index (χ0) is 17.6. The van der Waals surface area contributed by atoms with Gasteiger partial charge in [0.15, 0.2) is 18.1 Å². The predicted molar refractivity (Wildman–Crippen MR) is 87.8 cm³/mol. The van der Waals surface area contributed by atoms with Crippen LogP contribution in [0.3, 0.4) is 0 Å². The van der Waals surface area contributed by atoms with E-state index in [0.29, 0.717) is 18.2 Å². The predicted octanol–water partition coefficient (Wildman–Crippen LogP) is 1.71. The minimum atomic E-state index is -0.557. The molecule has 0 aromatic carbocycles. The van der Waals surface area contributed by atoms with Crippen molar-refractivity contribution >= 4 is 12.1 Å². The highest BCUT2D eigenvalue weighted by molar-refractivity contribution is 5.87. The molecule has 0 radical (unpaired) electrons. The van der Waals surface area contributed by atoms with Crippen LogP contribution in [0.2, 0.25) is 0 Å². The van der Waals surface area contributed by atoms with Crippen LogP contribution in [0.4, 0.5) is 4.79 Å². The van der Waals surface area contributed by atoms with Gasteiger partial charge in [-0.15, -0.1) is 0 Å². The van der Waals surface area contributed by atoms with Crippen LogP contribution >= 0.6 is 0 Å². The zero-order valence-electron chi connectivity index (χ0n) is 14.5. The van der Waals surface area contributed by atoms with Gasteiger partial charge in [0.2, 0.25) is 0 Å². The first-order valence-electron chi connectivity index (χ1n) is 8.89. The van der Waals surface area contributed by atoms with Crippen molar-refractivity contribution in [3.05, 3.63) is 17.5 Å². The number of esters is 1. The van der Waals surface area contributed by atoms with Gasteiger partial charge in [-0.1, -0.05) is 5.16 Å². The van der Waals surface area contributed by atoms with Gasteiger partial charge in [0.1, 0.15) is 0 Å². The minimum absolute atomic E-state index is 0.0714. The molecule has 1 aliphatic carbocycles. The number of hydrogen-bond donors (Lipinski definition) is 2. The highest BCUT2D eigenvalue weighted by Crippen LogP contribution is 2.39. The lowest BCUT2D eigenvalue weighted by molar-refractivity contribution is 0.0514. The molecule has 1 amide bonds. The van der Waals surface area contributed by atoms with Gasteiger partial charge in [0.05, 0.1) is 6.61 Å². The summed E-state index contributed by atoms with van der Waals surface area (Å²) in [6.07, 6.45) is 3.00. The van der Waals surface area contributed by atoms with Crippen LogP contribution in [0.15, 0.2) is 10.6 Å². The molecule has 2 atom stereocenters. The van der Waals surface area contributed by atoms with E-state index in [1.165, 1.54) is 18.9 Å². The largest absolute Gasteiger partial charge is 0.461 e. The van der Waals surface area contributed by atoms with Crippen molar-refractivity contribution in [3.63, 3.8) is 0 Å². The summed E-state index contributed by atoms with van der Waals surface area (Å²) in [6.45, 7) is 4.79. The second-order valence-electron chi connectivity index (χ2n) is 6.71. The van der Waals surface area contributed by atoms with Crippen LogP contribution in [-0.4, -0.2) is 43.5 Å².